The number of hydrogen-bond donors (Lipinski definition) is 3. The summed E-state index contributed by atoms with van der Waals surface area (Å²) in [5.41, 5.74) is 0. The summed E-state index contributed by atoms with van der Waals surface area (Å²) in [4.78, 5) is 72.8. The summed E-state index contributed by atoms with van der Waals surface area (Å²) >= 11 is 0. The van der Waals surface area contributed by atoms with E-state index < -0.39 is 97.5 Å². The fourth-order valence-electron chi connectivity index (χ4n) is 12.8. The van der Waals surface area contributed by atoms with Crippen molar-refractivity contribution in [3.8, 4) is 0 Å². The van der Waals surface area contributed by atoms with Gasteiger partial charge in [-0.1, -0.05) is 388 Å². The highest BCUT2D eigenvalue weighted by Crippen LogP contribution is 2.45. The Kier molecular flexibility index (Phi) is 73.5. The number of hydrogen-bond acceptors (Lipinski definition) is 15. The van der Waals surface area contributed by atoms with E-state index in [2.05, 4.69) is 34.6 Å². The number of carbonyl (C=O) groups is 4. The number of unbranched alkanes of at least 4 members (excludes halogenated alkanes) is 54. The molecule has 0 spiro atoms. The van der Waals surface area contributed by atoms with E-state index in [1.54, 1.807) is 0 Å². The molecule has 0 saturated carbocycles. The molecule has 0 aromatic heterocycles. The van der Waals surface area contributed by atoms with E-state index in [9.17, 15) is 43.2 Å². The van der Waals surface area contributed by atoms with Crippen molar-refractivity contribution in [1.29, 1.82) is 0 Å². The second kappa shape index (κ2) is 74.9. The molecule has 101 heavy (non-hydrogen) atoms. The third-order valence-electron chi connectivity index (χ3n) is 19.3. The van der Waals surface area contributed by atoms with Crippen LogP contribution >= 0.6 is 15.6 Å². The van der Waals surface area contributed by atoms with E-state index in [0.29, 0.717) is 31.6 Å². The van der Waals surface area contributed by atoms with Crippen molar-refractivity contribution in [2.24, 2.45) is 5.92 Å². The SMILES string of the molecule is CCCCCCCCCCCCCCCCCCCCCCCCC(=O)O[C@H](COC(=O)CCCCCCCCCCCCCCCCCCCCCCC)COP(=O)(O)OC[C@@H](O)COP(=O)(O)OC[C@@H](COC(=O)CCCCCCCCCCC)OC(=O)CCCCCCCCC(C)C. The molecule has 0 rings (SSSR count). The van der Waals surface area contributed by atoms with Crippen molar-refractivity contribution in [1.82, 2.24) is 0 Å². The van der Waals surface area contributed by atoms with Crippen LogP contribution in [0, 0.1) is 5.92 Å². The van der Waals surface area contributed by atoms with Gasteiger partial charge in [-0.25, -0.2) is 9.13 Å². The topological polar surface area (TPSA) is 237 Å². The Hall–Kier alpha value is -1.94. The summed E-state index contributed by atoms with van der Waals surface area (Å²) in [5.74, 6) is -1.45. The minimum Gasteiger partial charge on any atom is -0.462 e. The van der Waals surface area contributed by atoms with Crippen LogP contribution in [0.15, 0.2) is 0 Å². The van der Waals surface area contributed by atoms with Crippen LogP contribution in [0.3, 0.4) is 0 Å². The van der Waals surface area contributed by atoms with Crippen molar-refractivity contribution < 1.29 is 80.2 Å². The fourth-order valence-corrected chi connectivity index (χ4v) is 14.3. The van der Waals surface area contributed by atoms with E-state index in [1.165, 1.54) is 263 Å². The predicted molar refractivity (Wildman–Crippen MR) is 414 cm³/mol. The van der Waals surface area contributed by atoms with Crippen LogP contribution in [0.25, 0.3) is 0 Å². The molecule has 0 aromatic rings. The molecule has 19 heteroatoms. The minimum absolute atomic E-state index is 0.103. The maximum absolute atomic E-state index is 13.1. The Labute approximate surface area is 619 Å². The van der Waals surface area contributed by atoms with E-state index in [1.807, 2.05) is 0 Å². The number of phosphoric acid groups is 2. The lowest BCUT2D eigenvalue weighted by Crippen LogP contribution is -2.30. The molecule has 0 heterocycles. The molecular weight excluding hydrogens is 1320 g/mol. The van der Waals surface area contributed by atoms with Gasteiger partial charge in [0.2, 0.25) is 0 Å². The summed E-state index contributed by atoms with van der Waals surface area (Å²) in [7, 11) is -9.91. The summed E-state index contributed by atoms with van der Waals surface area (Å²) in [5, 5.41) is 10.6. The Bertz CT molecular complexity index is 1930. The van der Waals surface area contributed by atoms with Gasteiger partial charge in [0.1, 0.15) is 19.3 Å². The molecule has 17 nitrogen and oxygen atoms in total. The van der Waals surface area contributed by atoms with E-state index in [4.69, 9.17) is 37.0 Å². The van der Waals surface area contributed by atoms with Gasteiger partial charge >= 0.3 is 39.5 Å². The van der Waals surface area contributed by atoms with Gasteiger partial charge in [-0.2, -0.15) is 0 Å². The highest BCUT2D eigenvalue weighted by atomic mass is 31.2. The lowest BCUT2D eigenvalue weighted by atomic mass is 10.0. The first kappa shape index (κ1) is 99.1. The van der Waals surface area contributed by atoms with Crippen molar-refractivity contribution in [2.45, 2.75) is 457 Å². The first-order chi connectivity index (χ1) is 49.0. The molecule has 600 valence electrons. The molecule has 0 aliphatic heterocycles. The fraction of sp³-hybridized carbons (Fsp3) is 0.951. The van der Waals surface area contributed by atoms with Crippen molar-refractivity contribution in [3.05, 3.63) is 0 Å². The number of esters is 4. The molecule has 2 unspecified atom stereocenters. The average Bonchev–Trinajstić information content (AvgIpc) is 1.01. The molecule has 0 aliphatic carbocycles. The van der Waals surface area contributed by atoms with Gasteiger partial charge in [-0.15, -0.1) is 0 Å². The van der Waals surface area contributed by atoms with Crippen molar-refractivity contribution in [3.63, 3.8) is 0 Å². The zero-order valence-corrected chi connectivity index (χ0v) is 67.8. The molecule has 0 amide bonds. The van der Waals surface area contributed by atoms with E-state index in [-0.39, 0.29) is 25.7 Å². The maximum Gasteiger partial charge on any atom is 0.472 e. The smallest absolute Gasteiger partial charge is 0.462 e. The van der Waals surface area contributed by atoms with Crippen LogP contribution in [0.4, 0.5) is 0 Å². The van der Waals surface area contributed by atoms with Gasteiger partial charge in [-0.05, 0) is 31.6 Å². The molecule has 0 bridgehead atoms. The third-order valence-corrected chi connectivity index (χ3v) is 21.2. The zero-order chi connectivity index (χ0) is 74.1. The van der Waals surface area contributed by atoms with Gasteiger partial charge in [0, 0.05) is 25.7 Å². The van der Waals surface area contributed by atoms with Crippen molar-refractivity contribution in [2.75, 3.05) is 39.6 Å². The summed E-state index contributed by atoms with van der Waals surface area (Å²) < 4.78 is 68.6. The Morgan fingerprint density at radius 1 is 0.267 bits per heavy atom. The number of phosphoric ester groups is 2. The molecule has 0 fully saturated rings. The molecule has 5 atom stereocenters. The van der Waals surface area contributed by atoms with E-state index in [0.717, 1.165) is 89.9 Å². The van der Waals surface area contributed by atoms with Crippen LogP contribution in [0.5, 0.6) is 0 Å². The lowest BCUT2D eigenvalue weighted by molar-refractivity contribution is -0.161. The van der Waals surface area contributed by atoms with Gasteiger partial charge in [-0.3, -0.25) is 37.3 Å². The number of ether oxygens (including phenoxy) is 4. The average molecular weight is 1480 g/mol. The quantitative estimate of drug-likeness (QED) is 0.0222. The highest BCUT2D eigenvalue weighted by Gasteiger charge is 2.30. The van der Waals surface area contributed by atoms with Crippen LogP contribution in [0.1, 0.15) is 439 Å². The van der Waals surface area contributed by atoms with Crippen LogP contribution in [0.2, 0.25) is 0 Å². The predicted octanol–water partition coefficient (Wildman–Crippen LogP) is 24.8. The third kappa shape index (κ3) is 76.1. The first-order valence-electron chi connectivity index (χ1n) is 42.6. The summed E-state index contributed by atoms with van der Waals surface area (Å²) in [6.45, 7) is 7.21. The van der Waals surface area contributed by atoms with Gasteiger partial charge in [0.25, 0.3) is 0 Å². The number of aliphatic hydroxyl groups excluding tert-OH is 1. The second-order valence-electron chi connectivity index (χ2n) is 30.0. The van der Waals surface area contributed by atoms with Gasteiger partial charge in [0.15, 0.2) is 12.2 Å². The van der Waals surface area contributed by atoms with Crippen LogP contribution < -0.4 is 0 Å². The summed E-state index contributed by atoms with van der Waals surface area (Å²) in [6, 6.07) is 0. The van der Waals surface area contributed by atoms with Crippen LogP contribution in [-0.2, 0) is 65.4 Å². The zero-order valence-electron chi connectivity index (χ0n) is 66.1. The molecule has 0 aliphatic rings. The largest absolute Gasteiger partial charge is 0.472 e. The van der Waals surface area contributed by atoms with Gasteiger partial charge < -0.3 is 33.8 Å². The highest BCUT2D eigenvalue weighted by molar-refractivity contribution is 7.47. The first-order valence-corrected chi connectivity index (χ1v) is 45.6. The molecule has 0 saturated heterocycles. The Morgan fingerprint density at radius 3 is 0.673 bits per heavy atom. The number of aliphatic hydroxyl groups is 1. The standard InChI is InChI=1S/C82H160O17P2/c1-6-9-12-15-18-21-23-25-27-29-31-33-35-37-39-41-43-45-48-51-57-62-67-81(86)98-77(71-93-80(85)66-61-56-50-47-44-42-40-38-36-34-32-30-28-26-24-22-19-16-13-10-7-2)73-96-100(88,89)94-69-76(83)70-95-101(90,91)97-74-78(99-82(87)68-63-58-53-52-54-59-64-75(4)5)72-92-79(84)65-60-55-49-46-20-17-14-11-8-3/h75-78,83H,6-74H2,1-5H3,(H,88,89)(H,90,91)/t76-,77-,78-/m1/s1. The monoisotopic (exact) mass is 1480 g/mol. The van der Waals surface area contributed by atoms with Crippen LogP contribution in [-0.4, -0.2) is 96.7 Å². The normalized spacial score (nSPS) is 13.8. The minimum atomic E-state index is -4.96. The number of rotatable bonds is 82. The molecular formula is C82H160O17P2. The van der Waals surface area contributed by atoms with Crippen molar-refractivity contribution >= 4 is 39.5 Å². The van der Waals surface area contributed by atoms with Gasteiger partial charge in [0.05, 0.1) is 26.4 Å². The Balaban J connectivity index is 5.13. The summed E-state index contributed by atoms with van der Waals surface area (Å²) in [6.07, 6.45) is 67.2. The molecule has 0 radical (unpaired) electrons. The number of carbonyl (C=O) groups excluding carboxylic acids is 4. The Morgan fingerprint density at radius 2 is 0.455 bits per heavy atom. The lowest BCUT2D eigenvalue weighted by Gasteiger charge is -2.21. The maximum atomic E-state index is 13.1. The molecule has 3 N–H and O–H groups in total. The van der Waals surface area contributed by atoms with E-state index >= 15 is 0 Å². The molecule has 0 aromatic carbocycles. The second-order valence-corrected chi connectivity index (χ2v) is 32.9.